The maximum Gasteiger partial charge on any atom is 0.255 e. The molecule has 1 aliphatic heterocycles. The number of alkyl halides is 2. The second kappa shape index (κ2) is 6.95. The van der Waals surface area contributed by atoms with Crippen LogP contribution in [0.2, 0.25) is 0 Å². The molecule has 1 rings (SSSR count). The van der Waals surface area contributed by atoms with E-state index in [0.29, 0.717) is 6.54 Å². The summed E-state index contributed by atoms with van der Waals surface area (Å²) in [5.74, 6) is -0.389. The summed E-state index contributed by atoms with van der Waals surface area (Å²) in [5, 5.41) is 5.28. The monoisotopic (exact) mass is 228 g/mol. The van der Waals surface area contributed by atoms with Gasteiger partial charge in [-0.3, -0.25) is 4.79 Å². The van der Waals surface area contributed by atoms with E-state index < -0.39 is 13.0 Å². The third-order valence-corrected chi connectivity index (χ3v) is 2.10. The smallest absolute Gasteiger partial charge is 0.255 e. The van der Waals surface area contributed by atoms with E-state index >= 15 is 0 Å². The molecule has 0 unspecified atom stereocenters. The predicted molar refractivity (Wildman–Crippen MR) is 51.9 cm³/mol. The van der Waals surface area contributed by atoms with E-state index in [1.807, 2.05) is 0 Å². The van der Waals surface area contributed by atoms with Gasteiger partial charge in [0.15, 0.2) is 0 Å². The van der Waals surface area contributed by atoms with Crippen LogP contribution in [0.1, 0.15) is 12.8 Å². The third kappa shape index (κ3) is 4.72. The van der Waals surface area contributed by atoms with Crippen molar-refractivity contribution in [3.8, 4) is 0 Å². The molecule has 1 aliphatic rings. The Morgan fingerprint density at radius 3 is 2.79 bits per heavy atom. The standard InChI is InChI=1S/C8H14F2N2O.ClH/c9-7(10)5-12-8(13)6-2-1-3-11-4-6;/h6-7,11H,1-5H2,(H,12,13);1H/t6-;/m0./s1. The van der Waals surface area contributed by atoms with E-state index in [4.69, 9.17) is 0 Å². The normalized spacial score (nSPS) is 21.5. The molecule has 0 bridgehead atoms. The van der Waals surface area contributed by atoms with Crippen LogP contribution in [0.15, 0.2) is 0 Å². The van der Waals surface area contributed by atoms with Gasteiger partial charge in [-0.1, -0.05) is 0 Å². The molecule has 0 radical (unpaired) electrons. The second-order valence-corrected chi connectivity index (χ2v) is 3.18. The van der Waals surface area contributed by atoms with E-state index in [1.54, 1.807) is 0 Å². The van der Waals surface area contributed by atoms with Crippen molar-refractivity contribution in [2.24, 2.45) is 5.92 Å². The number of halogens is 3. The molecule has 1 heterocycles. The first-order chi connectivity index (χ1) is 6.20. The molecule has 84 valence electrons. The van der Waals surface area contributed by atoms with Crippen LogP contribution in [0, 0.1) is 5.92 Å². The van der Waals surface area contributed by atoms with E-state index in [9.17, 15) is 13.6 Å². The molecule has 1 fully saturated rings. The van der Waals surface area contributed by atoms with Crippen molar-refractivity contribution >= 4 is 18.3 Å². The Bertz CT molecular complexity index is 175. The topological polar surface area (TPSA) is 41.1 Å². The summed E-state index contributed by atoms with van der Waals surface area (Å²) < 4.78 is 23.5. The third-order valence-electron chi connectivity index (χ3n) is 2.10. The van der Waals surface area contributed by atoms with Crippen LogP contribution in [-0.4, -0.2) is 32.0 Å². The summed E-state index contributed by atoms with van der Waals surface area (Å²) in [7, 11) is 0. The zero-order valence-electron chi connectivity index (χ0n) is 7.76. The van der Waals surface area contributed by atoms with E-state index in [1.165, 1.54) is 0 Å². The number of nitrogens with one attached hydrogen (secondary N) is 2. The van der Waals surface area contributed by atoms with Gasteiger partial charge < -0.3 is 10.6 Å². The minimum atomic E-state index is -2.46. The van der Waals surface area contributed by atoms with Crippen molar-refractivity contribution in [3.63, 3.8) is 0 Å². The number of carbonyl (C=O) groups is 1. The van der Waals surface area contributed by atoms with Gasteiger partial charge in [0.2, 0.25) is 5.91 Å². The largest absolute Gasteiger partial charge is 0.350 e. The Morgan fingerprint density at radius 1 is 1.57 bits per heavy atom. The van der Waals surface area contributed by atoms with Crippen molar-refractivity contribution in [1.29, 1.82) is 0 Å². The molecular formula is C8H15ClF2N2O. The summed E-state index contributed by atoms with van der Waals surface area (Å²) in [6.45, 7) is 0.989. The lowest BCUT2D eigenvalue weighted by atomic mass is 9.99. The quantitative estimate of drug-likeness (QED) is 0.750. The molecule has 0 aliphatic carbocycles. The molecule has 2 N–H and O–H groups in total. The minimum Gasteiger partial charge on any atom is -0.350 e. The average Bonchev–Trinajstić information content (AvgIpc) is 2.15. The van der Waals surface area contributed by atoms with Gasteiger partial charge >= 0.3 is 0 Å². The van der Waals surface area contributed by atoms with Crippen LogP contribution in [0.25, 0.3) is 0 Å². The van der Waals surface area contributed by atoms with Gasteiger partial charge in [0, 0.05) is 6.54 Å². The van der Waals surface area contributed by atoms with Crippen LogP contribution >= 0.6 is 12.4 Å². The first kappa shape index (κ1) is 13.6. The first-order valence-corrected chi connectivity index (χ1v) is 4.46. The molecule has 3 nitrogen and oxygen atoms in total. The highest BCUT2D eigenvalue weighted by Gasteiger charge is 2.20. The van der Waals surface area contributed by atoms with Gasteiger partial charge in [0.1, 0.15) is 0 Å². The SMILES string of the molecule is Cl.O=C(NCC(F)F)[C@H]1CCCNC1. The summed E-state index contributed by atoms with van der Waals surface area (Å²) >= 11 is 0. The highest BCUT2D eigenvalue weighted by atomic mass is 35.5. The molecule has 1 amide bonds. The van der Waals surface area contributed by atoms with Crippen molar-refractivity contribution < 1.29 is 13.6 Å². The van der Waals surface area contributed by atoms with Crippen LogP contribution in [0.4, 0.5) is 8.78 Å². The average molecular weight is 229 g/mol. The van der Waals surface area contributed by atoms with Gasteiger partial charge in [-0.05, 0) is 19.4 Å². The van der Waals surface area contributed by atoms with E-state index in [2.05, 4.69) is 10.6 Å². The number of hydrogen-bond acceptors (Lipinski definition) is 2. The van der Waals surface area contributed by atoms with Crippen molar-refractivity contribution in [2.45, 2.75) is 19.3 Å². The number of piperidine rings is 1. The predicted octanol–water partition coefficient (Wildman–Crippen LogP) is 0.789. The molecule has 1 saturated heterocycles. The van der Waals surface area contributed by atoms with Crippen molar-refractivity contribution in [1.82, 2.24) is 10.6 Å². The van der Waals surface area contributed by atoms with Gasteiger partial charge in [0.25, 0.3) is 6.43 Å². The fourth-order valence-corrected chi connectivity index (χ4v) is 1.40. The summed E-state index contributed by atoms with van der Waals surface area (Å²) in [5.41, 5.74) is 0. The summed E-state index contributed by atoms with van der Waals surface area (Å²) in [6, 6.07) is 0. The fraction of sp³-hybridized carbons (Fsp3) is 0.875. The molecule has 0 spiro atoms. The number of amides is 1. The van der Waals surface area contributed by atoms with Gasteiger partial charge in [0.05, 0.1) is 12.5 Å². The van der Waals surface area contributed by atoms with Crippen LogP contribution < -0.4 is 10.6 Å². The van der Waals surface area contributed by atoms with E-state index in [-0.39, 0.29) is 24.2 Å². The molecule has 1 atom stereocenters. The molecule has 6 heteroatoms. The fourth-order valence-electron chi connectivity index (χ4n) is 1.40. The highest BCUT2D eigenvalue weighted by Crippen LogP contribution is 2.09. The summed E-state index contributed by atoms with van der Waals surface area (Å²) in [6.07, 6.45) is -0.727. The number of hydrogen-bond donors (Lipinski definition) is 2. The van der Waals surface area contributed by atoms with Gasteiger partial charge in [-0.15, -0.1) is 12.4 Å². The minimum absolute atomic E-state index is 0. The Labute approximate surface area is 88.0 Å². The number of carbonyl (C=O) groups excluding carboxylic acids is 1. The summed E-state index contributed by atoms with van der Waals surface area (Å²) in [4.78, 5) is 11.2. The Hall–Kier alpha value is -0.420. The maximum absolute atomic E-state index is 11.7. The van der Waals surface area contributed by atoms with Crippen LogP contribution in [-0.2, 0) is 4.79 Å². The molecule has 0 saturated carbocycles. The lowest BCUT2D eigenvalue weighted by Crippen LogP contribution is -2.41. The van der Waals surface area contributed by atoms with Gasteiger partial charge in [-0.25, -0.2) is 8.78 Å². The zero-order chi connectivity index (χ0) is 9.68. The highest BCUT2D eigenvalue weighted by molar-refractivity contribution is 5.85. The molecule has 0 aromatic rings. The zero-order valence-corrected chi connectivity index (χ0v) is 8.58. The maximum atomic E-state index is 11.7. The molecular weight excluding hydrogens is 214 g/mol. The molecule has 0 aromatic heterocycles. The lowest BCUT2D eigenvalue weighted by Gasteiger charge is -2.21. The van der Waals surface area contributed by atoms with Crippen molar-refractivity contribution in [3.05, 3.63) is 0 Å². The second-order valence-electron chi connectivity index (χ2n) is 3.18. The van der Waals surface area contributed by atoms with Crippen LogP contribution in [0.5, 0.6) is 0 Å². The first-order valence-electron chi connectivity index (χ1n) is 4.46. The van der Waals surface area contributed by atoms with Gasteiger partial charge in [-0.2, -0.15) is 0 Å². The molecule has 14 heavy (non-hydrogen) atoms. The molecule has 0 aromatic carbocycles. The van der Waals surface area contributed by atoms with Crippen molar-refractivity contribution in [2.75, 3.05) is 19.6 Å². The lowest BCUT2D eigenvalue weighted by molar-refractivity contribution is -0.126. The Kier molecular flexibility index (Phi) is 6.74. The Balaban J connectivity index is 0.00000169. The number of rotatable bonds is 3. The van der Waals surface area contributed by atoms with E-state index in [0.717, 1.165) is 19.4 Å². The van der Waals surface area contributed by atoms with Crippen LogP contribution in [0.3, 0.4) is 0 Å². The Morgan fingerprint density at radius 2 is 2.29 bits per heavy atom.